The first kappa shape index (κ1) is 13.8. The lowest BCUT2D eigenvalue weighted by Gasteiger charge is -2.20. The fraction of sp³-hybridized carbons (Fsp3) is 0.308. The molecule has 1 atom stereocenters. The van der Waals surface area contributed by atoms with Crippen LogP contribution in [0.1, 0.15) is 0 Å². The molecule has 1 heterocycles. The third-order valence-corrected chi connectivity index (χ3v) is 4.34. The first-order valence-corrected chi connectivity index (χ1v) is 7.49. The molecule has 1 aliphatic heterocycles. The van der Waals surface area contributed by atoms with Crippen LogP contribution in [0.2, 0.25) is 0 Å². The Balaban J connectivity index is 2.16. The fourth-order valence-corrected chi connectivity index (χ4v) is 3.03. The molecule has 1 aromatic carbocycles. The number of ether oxygens (including phenoxy) is 1. The molecule has 0 aliphatic carbocycles. The summed E-state index contributed by atoms with van der Waals surface area (Å²) in [4.78, 5) is 13.3. The number of sulfone groups is 1. The highest BCUT2D eigenvalue weighted by atomic mass is 32.2. The van der Waals surface area contributed by atoms with Gasteiger partial charge in [-0.15, -0.1) is 6.58 Å². The van der Waals surface area contributed by atoms with Crippen LogP contribution in [0.5, 0.6) is 0 Å². The number of nitrogens with zero attached hydrogens (tertiary/aromatic N) is 1. The zero-order valence-corrected chi connectivity index (χ0v) is 11.2. The van der Waals surface area contributed by atoms with Gasteiger partial charge >= 0.3 is 0 Å². The van der Waals surface area contributed by atoms with Crippen molar-refractivity contribution in [3.05, 3.63) is 43.0 Å². The lowest BCUT2D eigenvalue weighted by Crippen LogP contribution is -2.38. The highest BCUT2D eigenvalue weighted by Gasteiger charge is 2.36. The van der Waals surface area contributed by atoms with Crippen LogP contribution >= 0.6 is 0 Å². The van der Waals surface area contributed by atoms with Crippen LogP contribution < -0.4 is 0 Å². The first-order chi connectivity index (χ1) is 9.04. The third kappa shape index (κ3) is 3.42. The van der Waals surface area contributed by atoms with Gasteiger partial charge in [-0.2, -0.15) is 0 Å². The summed E-state index contributed by atoms with van der Waals surface area (Å²) in [6.07, 6.45) is 1.01. The largest absolute Gasteiger partial charge is 0.363 e. The summed E-state index contributed by atoms with van der Waals surface area (Å²) < 4.78 is 29.3. The summed E-state index contributed by atoms with van der Waals surface area (Å²) >= 11 is 0. The van der Waals surface area contributed by atoms with Gasteiger partial charge in [-0.25, -0.2) is 8.42 Å². The summed E-state index contributed by atoms with van der Waals surface area (Å²) in [7, 11) is -3.53. The number of carbonyl (C=O) groups excluding carboxylic acids is 1. The van der Waals surface area contributed by atoms with Crippen LogP contribution in [0.4, 0.5) is 0 Å². The molecule has 1 fully saturated rings. The van der Waals surface area contributed by atoms with E-state index >= 15 is 0 Å². The van der Waals surface area contributed by atoms with E-state index in [-0.39, 0.29) is 23.2 Å². The average Bonchev–Trinajstić information content (AvgIpc) is 3.22. The summed E-state index contributed by atoms with van der Waals surface area (Å²) in [6, 6.07) is 8.07. The molecule has 2 rings (SSSR count). The normalized spacial score (nSPS) is 17.8. The molecule has 1 aliphatic rings. The van der Waals surface area contributed by atoms with Crippen molar-refractivity contribution in [2.45, 2.75) is 11.0 Å². The lowest BCUT2D eigenvalue weighted by molar-refractivity contribution is -0.131. The molecule has 1 saturated heterocycles. The van der Waals surface area contributed by atoms with Gasteiger partial charge in [-0.3, -0.25) is 4.79 Å². The Morgan fingerprint density at radius 3 is 2.58 bits per heavy atom. The van der Waals surface area contributed by atoms with E-state index in [0.29, 0.717) is 6.61 Å². The van der Waals surface area contributed by atoms with Gasteiger partial charge in [0.05, 0.1) is 11.5 Å². The maximum atomic E-state index is 12.2. The minimum Gasteiger partial charge on any atom is -0.363 e. The molecule has 0 spiro atoms. The second kappa shape index (κ2) is 5.54. The number of amides is 1. The molecule has 0 bridgehead atoms. The molecule has 102 valence electrons. The van der Waals surface area contributed by atoms with Crippen LogP contribution in [0.3, 0.4) is 0 Å². The van der Waals surface area contributed by atoms with Crippen LogP contribution in [0.15, 0.2) is 47.9 Å². The minimum atomic E-state index is -3.53. The minimum absolute atomic E-state index is 0.185. The van der Waals surface area contributed by atoms with Gasteiger partial charge < -0.3 is 9.64 Å². The van der Waals surface area contributed by atoms with E-state index in [1.165, 1.54) is 23.1 Å². The van der Waals surface area contributed by atoms with Gasteiger partial charge in [0, 0.05) is 6.54 Å². The Kier molecular flexibility index (Phi) is 4.01. The second-order valence-electron chi connectivity index (χ2n) is 4.23. The van der Waals surface area contributed by atoms with Gasteiger partial charge in [-0.1, -0.05) is 24.3 Å². The van der Waals surface area contributed by atoms with E-state index in [2.05, 4.69) is 6.58 Å². The van der Waals surface area contributed by atoms with Crippen LogP contribution in [0, 0.1) is 0 Å². The van der Waals surface area contributed by atoms with E-state index in [9.17, 15) is 13.2 Å². The Morgan fingerprint density at radius 2 is 2.05 bits per heavy atom. The summed E-state index contributed by atoms with van der Waals surface area (Å²) in [5, 5.41) is 0. The highest BCUT2D eigenvalue weighted by Crippen LogP contribution is 2.16. The van der Waals surface area contributed by atoms with Crippen molar-refractivity contribution in [2.24, 2.45) is 0 Å². The number of hydrogen-bond acceptors (Lipinski definition) is 4. The number of carbonyl (C=O) groups is 1. The smallest absolute Gasteiger partial charge is 0.255 e. The van der Waals surface area contributed by atoms with E-state index in [1.54, 1.807) is 18.2 Å². The third-order valence-electron chi connectivity index (χ3n) is 2.70. The summed E-state index contributed by atoms with van der Waals surface area (Å²) in [6.45, 7) is 4.08. The Labute approximate surface area is 112 Å². The van der Waals surface area contributed by atoms with Crippen molar-refractivity contribution in [1.82, 2.24) is 4.90 Å². The molecule has 0 radical (unpaired) electrons. The molecular weight excluding hydrogens is 266 g/mol. The second-order valence-corrected chi connectivity index (χ2v) is 6.19. The molecule has 1 aromatic rings. The van der Waals surface area contributed by atoms with Crippen LogP contribution in [0.25, 0.3) is 0 Å². The van der Waals surface area contributed by atoms with Crippen LogP contribution in [-0.2, 0) is 19.4 Å². The maximum Gasteiger partial charge on any atom is 0.255 e. The monoisotopic (exact) mass is 281 g/mol. The molecule has 1 amide bonds. The SMILES string of the molecule is C=CCN(CS(=O)(=O)c1ccccc1)C(=O)C1CO1. The number of hydrogen-bond donors (Lipinski definition) is 0. The van der Waals surface area contributed by atoms with Crippen molar-refractivity contribution in [1.29, 1.82) is 0 Å². The van der Waals surface area contributed by atoms with E-state index < -0.39 is 15.9 Å². The number of epoxide rings is 1. The average molecular weight is 281 g/mol. The fourth-order valence-electron chi connectivity index (χ4n) is 1.66. The molecule has 5 nitrogen and oxygen atoms in total. The molecule has 19 heavy (non-hydrogen) atoms. The highest BCUT2D eigenvalue weighted by molar-refractivity contribution is 7.91. The summed E-state index contributed by atoms with van der Waals surface area (Å²) in [5.74, 6) is -0.666. The standard InChI is InChI=1S/C13H15NO4S/c1-2-8-14(13(15)12-9-18-12)10-19(16,17)11-6-4-3-5-7-11/h2-7,12H,1,8-10H2. The Bertz CT molecular complexity index is 564. The van der Waals surface area contributed by atoms with Crippen molar-refractivity contribution in [3.8, 4) is 0 Å². The van der Waals surface area contributed by atoms with Crippen molar-refractivity contribution in [3.63, 3.8) is 0 Å². The molecule has 0 saturated carbocycles. The molecule has 0 N–H and O–H groups in total. The van der Waals surface area contributed by atoms with Gasteiger partial charge in [0.25, 0.3) is 5.91 Å². The quantitative estimate of drug-likeness (QED) is 0.572. The lowest BCUT2D eigenvalue weighted by atomic mass is 10.4. The molecule has 6 heteroatoms. The van der Waals surface area contributed by atoms with E-state index in [1.807, 2.05) is 0 Å². The number of rotatable bonds is 6. The zero-order chi connectivity index (χ0) is 13.9. The zero-order valence-electron chi connectivity index (χ0n) is 10.4. The topological polar surface area (TPSA) is 67.0 Å². The Hall–Kier alpha value is -1.66. The first-order valence-electron chi connectivity index (χ1n) is 5.83. The Morgan fingerprint density at radius 1 is 1.42 bits per heavy atom. The van der Waals surface area contributed by atoms with Gasteiger partial charge in [0.1, 0.15) is 5.88 Å². The van der Waals surface area contributed by atoms with E-state index in [0.717, 1.165) is 0 Å². The molecule has 0 aromatic heterocycles. The molecular formula is C13H15NO4S. The van der Waals surface area contributed by atoms with Crippen LogP contribution in [-0.4, -0.2) is 44.4 Å². The van der Waals surface area contributed by atoms with Crippen molar-refractivity contribution < 1.29 is 17.9 Å². The number of benzene rings is 1. The van der Waals surface area contributed by atoms with Crippen molar-refractivity contribution in [2.75, 3.05) is 19.0 Å². The summed E-state index contributed by atoms with van der Waals surface area (Å²) in [5.41, 5.74) is 0. The van der Waals surface area contributed by atoms with Gasteiger partial charge in [-0.05, 0) is 12.1 Å². The molecule has 1 unspecified atom stereocenters. The van der Waals surface area contributed by atoms with Gasteiger partial charge in [0.2, 0.25) is 0 Å². The van der Waals surface area contributed by atoms with Gasteiger partial charge in [0.15, 0.2) is 15.9 Å². The van der Waals surface area contributed by atoms with E-state index in [4.69, 9.17) is 4.74 Å². The predicted octanol–water partition coefficient (Wildman–Crippen LogP) is 0.831. The predicted molar refractivity (Wildman–Crippen MR) is 70.1 cm³/mol. The maximum absolute atomic E-state index is 12.2. The van der Waals surface area contributed by atoms with Crippen molar-refractivity contribution >= 4 is 15.7 Å².